The molecule has 1 amide bonds. The summed E-state index contributed by atoms with van der Waals surface area (Å²) in [5.41, 5.74) is 1.58. The first-order chi connectivity index (χ1) is 12.1. The Morgan fingerprint density at radius 1 is 1.16 bits per heavy atom. The number of para-hydroxylation sites is 1. The lowest BCUT2D eigenvalue weighted by Gasteiger charge is -2.19. The highest BCUT2D eigenvalue weighted by Crippen LogP contribution is 2.22. The van der Waals surface area contributed by atoms with E-state index in [1.165, 1.54) is 23.8 Å². The molecule has 7 nitrogen and oxygen atoms in total. The molecular formula is C17H16N4O3S. The maximum Gasteiger partial charge on any atom is 0.339 e. The Morgan fingerprint density at radius 2 is 1.92 bits per heavy atom. The lowest BCUT2D eigenvalue weighted by Crippen LogP contribution is -2.29. The van der Waals surface area contributed by atoms with Crippen LogP contribution in [0.25, 0.3) is 5.65 Å². The minimum atomic E-state index is -0.480. The molecule has 2 heterocycles. The van der Waals surface area contributed by atoms with Gasteiger partial charge in [-0.1, -0.05) is 30.0 Å². The van der Waals surface area contributed by atoms with Crippen molar-refractivity contribution in [2.45, 2.75) is 5.16 Å². The number of benzene rings is 1. The van der Waals surface area contributed by atoms with E-state index < -0.39 is 5.97 Å². The van der Waals surface area contributed by atoms with Crippen LogP contribution in [0.2, 0.25) is 0 Å². The number of aromatic nitrogens is 3. The molecule has 1 aromatic carbocycles. The smallest absolute Gasteiger partial charge is 0.339 e. The van der Waals surface area contributed by atoms with Gasteiger partial charge in [-0.05, 0) is 24.3 Å². The second-order valence-corrected chi connectivity index (χ2v) is 6.10. The molecule has 0 N–H and O–H groups in total. The summed E-state index contributed by atoms with van der Waals surface area (Å²) in [6.07, 6.45) is 1.85. The van der Waals surface area contributed by atoms with Crippen molar-refractivity contribution >= 4 is 35.0 Å². The van der Waals surface area contributed by atoms with Crippen LogP contribution in [0.1, 0.15) is 10.4 Å². The molecule has 0 aliphatic carbocycles. The first-order valence-electron chi connectivity index (χ1n) is 7.48. The van der Waals surface area contributed by atoms with Gasteiger partial charge in [-0.25, -0.2) is 4.79 Å². The van der Waals surface area contributed by atoms with Crippen molar-refractivity contribution in [3.8, 4) is 0 Å². The molecule has 3 aromatic rings. The number of esters is 1. The SMILES string of the molecule is COC(=O)c1ccccc1N(C)C(=O)CSc1nnc2ccccn12. The average Bonchev–Trinajstić information content (AvgIpc) is 3.08. The summed E-state index contributed by atoms with van der Waals surface area (Å²) in [5.74, 6) is -0.470. The van der Waals surface area contributed by atoms with E-state index in [0.29, 0.717) is 16.4 Å². The van der Waals surface area contributed by atoms with Crippen LogP contribution >= 0.6 is 11.8 Å². The fraction of sp³-hybridized carbons (Fsp3) is 0.176. The third kappa shape index (κ3) is 3.48. The molecule has 0 saturated carbocycles. The average molecular weight is 356 g/mol. The molecule has 0 fully saturated rings. The van der Waals surface area contributed by atoms with Gasteiger partial charge in [-0.15, -0.1) is 10.2 Å². The van der Waals surface area contributed by atoms with Crippen LogP contribution in [0.3, 0.4) is 0 Å². The first kappa shape index (κ1) is 17.0. The Morgan fingerprint density at radius 3 is 2.72 bits per heavy atom. The van der Waals surface area contributed by atoms with E-state index >= 15 is 0 Å². The van der Waals surface area contributed by atoms with Gasteiger partial charge < -0.3 is 9.64 Å². The molecule has 3 rings (SSSR count). The van der Waals surface area contributed by atoms with E-state index in [4.69, 9.17) is 4.74 Å². The monoisotopic (exact) mass is 356 g/mol. The summed E-state index contributed by atoms with van der Waals surface area (Å²) in [5, 5.41) is 8.78. The van der Waals surface area contributed by atoms with Gasteiger partial charge in [0.1, 0.15) is 0 Å². The Kier molecular flexibility index (Phi) is 4.99. The molecule has 0 aliphatic rings. The van der Waals surface area contributed by atoms with Crippen molar-refractivity contribution in [1.82, 2.24) is 14.6 Å². The van der Waals surface area contributed by atoms with E-state index in [1.54, 1.807) is 31.3 Å². The number of hydrogen-bond acceptors (Lipinski definition) is 6. The van der Waals surface area contributed by atoms with E-state index in [2.05, 4.69) is 10.2 Å². The lowest BCUT2D eigenvalue weighted by atomic mass is 10.1. The standard InChI is InChI=1S/C17H16N4O3S/c1-20(13-8-4-3-7-12(13)16(23)24-2)15(22)11-25-17-19-18-14-9-5-6-10-21(14)17/h3-10H,11H2,1-2H3. The van der Waals surface area contributed by atoms with Gasteiger partial charge in [0, 0.05) is 13.2 Å². The summed E-state index contributed by atoms with van der Waals surface area (Å²) >= 11 is 1.29. The maximum atomic E-state index is 12.5. The van der Waals surface area contributed by atoms with Crippen LogP contribution in [-0.4, -0.2) is 46.4 Å². The number of amides is 1. The molecule has 0 atom stereocenters. The number of methoxy groups -OCH3 is 1. The molecule has 0 unspecified atom stereocenters. The number of rotatable bonds is 5. The Labute approximate surface area is 148 Å². The molecule has 25 heavy (non-hydrogen) atoms. The number of carbonyl (C=O) groups is 2. The highest BCUT2D eigenvalue weighted by Gasteiger charge is 2.19. The second kappa shape index (κ2) is 7.35. The van der Waals surface area contributed by atoms with Crippen LogP contribution in [-0.2, 0) is 9.53 Å². The number of fused-ring (bicyclic) bond motifs is 1. The summed E-state index contributed by atoms with van der Waals surface area (Å²) < 4.78 is 6.59. The fourth-order valence-electron chi connectivity index (χ4n) is 2.32. The van der Waals surface area contributed by atoms with Gasteiger partial charge in [-0.2, -0.15) is 0 Å². The molecule has 0 bridgehead atoms. The first-order valence-corrected chi connectivity index (χ1v) is 8.47. The van der Waals surface area contributed by atoms with Gasteiger partial charge in [0.05, 0.1) is 24.1 Å². The minimum Gasteiger partial charge on any atom is -0.465 e. The number of pyridine rings is 1. The summed E-state index contributed by atoms with van der Waals surface area (Å²) in [4.78, 5) is 25.8. The molecule has 0 saturated heterocycles. The topological polar surface area (TPSA) is 76.8 Å². The zero-order chi connectivity index (χ0) is 17.8. The van der Waals surface area contributed by atoms with E-state index in [1.807, 2.05) is 28.8 Å². The third-order valence-electron chi connectivity index (χ3n) is 3.65. The van der Waals surface area contributed by atoms with Gasteiger partial charge in [0.15, 0.2) is 10.8 Å². The highest BCUT2D eigenvalue weighted by molar-refractivity contribution is 7.99. The van der Waals surface area contributed by atoms with Crippen molar-refractivity contribution in [3.63, 3.8) is 0 Å². The summed E-state index contributed by atoms with van der Waals surface area (Å²) in [7, 11) is 2.94. The molecule has 0 radical (unpaired) electrons. The normalized spacial score (nSPS) is 10.6. The number of ether oxygens (including phenoxy) is 1. The molecule has 0 aliphatic heterocycles. The number of hydrogen-bond donors (Lipinski definition) is 0. The Balaban J connectivity index is 1.74. The van der Waals surface area contributed by atoms with Crippen molar-refractivity contribution in [1.29, 1.82) is 0 Å². The van der Waals surface area contributed by atoms with Gasteiger partial charge >= 0.3 is 5.97 Å². The number of carbonyl (C=O) groups excluding carboxylic acids is 2. The highest BCUT2D eigenvalue weighted by atomic mass is 32.2. The van der Waals surface area contributed by atoms with Crippen molar-refractivity contribution in [2.75, 3.05) is 24.8 Å². The van der Waals surface area contributed by atoms with Crippen molar-refractivity contribution < 1.29 is 14.3 Å². The van der Waals surface area contributed by atoms with Crippen LogP contribution in [0.15, 0.2) is 53.8 Å². The van der Waals surface area contributed by atoms with E-state index in [0.717, 1.165) is 5.65 Å². The van der Waals surface area contributed by atoms with Crippen LogP contribution in [0, 0.1) is 0 Å². The lowest BCUT2D eigenvalue weighted by molar-refractivity contribution is -0.115. The maximum absolute atomic E-state index is 12.5. The van der Waals surface area contributed by atoms with Gasteiger partial charge in [0.25, 0.3) is 0 Å². The number of anilines is 1. The largest absolute Gasteiger partial charge is 0.465 e. The van der Waals surface area contributed by atoms with E-state index in [9.17, 15) is 9.59 Å². The number of nitrogens with zero attached hydrogens (tertiary/aromatic N) is 4. The minimum absolute atomic E-state index is 0.158. The fourth-order valence-corrected chi connectivity index (χ4v) is 3.16. The molecule has 0 spiro atoms. The Hall–Kier alpha value is -2.87. The second-order valence-electron chi connectivity index (χ2n) is 5.16. The molecule has 128 valence electrons. The van der Waals surface area contributed by atoms with E-state index in [-0.39, 0.29) is 11.7 Å². The van der Waals surface area contributed by atoms with Gasteiger partial charge in [0.2, 0.25) is 5.91 Å². The van der Waals surface area contributed by atoms with Crippen molar-refractivity contribution in [2.24, 2.45) is 0 Å². The summed E-state index contributed by atoms with van der Waals surface area (Å²) in [6, 6.07) is 12.4. The molecule has 8 heteroatoms. The van der Waals surface area contributed by atoms with Crippen LogP contribution < -0.4 is 4.90 Å². The Bertz CT molecular complexity index is 925. The zero-order valence-corrected chi connectivity index (χ0v) is 14.6. The van der Waals surface area contributed by atoms with Crippen LogP contribution in [0.4, 0.5) is 5.69 Å². The van der Waals surface area contributed by atoms with Gasteiger partial charge in [-0.3, -0.25) is 9.20 Å². The van der Waals surface area contributed by atoms with Crippen LogP contribution in [0.5, 0.6) is 0 Å². The predicted octanol–water partition coefficient (Wildman–Crippen LogP) is 2.27. The quantitative estimate of drug-likeness (QED) is 0.516. The summed E-state index contributed by atoms with van der Waals surface area (Å²) in [6.45, 7) is 0. The zero-order valence-electron chi connectivity index (χ0n) is 13.7. The predicted molar refractivity (Wildman–Crippen MR) is 94.9 cm³/mol. The molecular weight excluding hydrogens is 340 g/mol. The number of thioether (sulfide) groups is 1. The molecule has 2 aromatic heterocycles. The third-order valence-corrected chi connectivity index (χ3v) is 4.58. The van der Waals surface area contributed by atoms with Crippen molar-refractivity contribution in [3.05, 3.63) is 54.2 Å².